The van der Waals surface area contributed by atoms with Crippen molar-refractivity contribution >= 4 is 22.9 Å². The third-order valence-corrected chi connectivity index (χ3v) is 3.95. The SMILES string of the molecule is COc1ccc(C=CC(=O)c2c(C)n([O-])c3ccccc3[n+]2=O)cc1. The zero-order valence-corrected chi connectivity index (χ0v) is 13.8. The lowest BCUT2D eigenvalue weighted by Gasteiger charge is -2.15. The highest BCUT2D eigenvalue weighted by Gasteiger charge is 2.24. The van der Waals surface area contributed by atoms with Gasteiger partial charge in [-0.25, -0.2) is 0 Å². The maximum Gasteiger partial charge on any atom is 0.329 e. The van der Waals surface area contributed by atoms with Crippen molar-refractivity contribution in [1.29, 1.82) is 0 Å². The molecule has 0 aliphatic rings. The molecule has 0 atom stereocenters. The summed E-state index contributed by atoms with van der Waals surface area (Å²) < 4.78 is 6.20. The van der Waals surface area contributed by atoms with Gasteiger partial charge in [0.05, 0.1) is 17.2 Å². The van der Waals surface area contributed by atoms with E-state index in [9.17, 15) is 14.9 Å². The van der Waals surface area contributed by atoms with Gasteiger partial charge in [0.1, 0.15) is 11.3 Å². The van der Waals surface area contributed by atoms with E-state index in [4.69, 9.17) is 4.74 Å². The Morgan fingerprint density at radius 2 is 1.84 bits per heavy atom. The lowest BCUT2D eigenvalue weighted by Crippen LogP contribution is -2.29. The van der Waals surface area contributed by atoms with Gasteiger partial charge in [0.15, 0.2) is 0 Å². The Morgan fingerprint density at radius 3 is 2.52 bits per heavy atom. The second kappa shape index (κ2) is 6.60. The number of allylic oxidation sites excluding steroid dienone is 1. The number of para-hydroxylation sites is 2. The van der Waals surface area contributed by atoms with Crippen molar-refractivity contribution < 1.29 is 14.0 Å². The minimum atomic E-state index is -0.529. The number of carbonyl (C=O) groups excluding carboxylic acids is 1. The van der Waals surface area contributed by atoms with Crippen LogP contribution in [0.5, 0.6) is 5.75 Å². The van der Waals surface area contributed by atoms with Gasteiger partial charge in [-0.05, 0) is 36.8 Å². The van der Waals surface area contributed by atoms with Crippen molar-refractivity contribution in [1.82, 2.24) is 4.73 Å². The van der Waals surface area contributed by atoms with Crippen LogP contribution < -0.4 is 9.16 Å². The number of ether oxygens (including phenoxy) is 1. The molecule has 0 bridgehead atoms. The second-order valence-electron chi connectivity index (χ2n) is 5.48. The predicted octanol–water partition coefficient (Wildman–Crippen LogP) is 3.11. The molecule has 0 unspecified atom stereocenters. The molecular weight excluding hydrogens is 320 g/mol. The summed E-state index contributed by atoms with van der Waals surface area (Å²) >= 11 is 0. The summed E-state index contributed by atoms with van der Waals surface area (Å²) in [6, 6.07) is 13.5. The summed E-state index contributed by atoms with van der Waals surface area (Å²) in [4.78, 5) is 25.0. The highest BCUT2D eigenvalue weighted by Crippen LogP contribution is 2.15. The summed E-state index contributed by atoms with van der Waals surface area (Å²) in [6.45, 7) is 1.46. The van der Waals surface area contributed by atoms with Gasteiger partial charge in [0, 0.05) is 11.0 Å². The molecule has 0 saturated carbocycles. The number of hydrogen-bond acceptors (Lipinski definition) is 4. The van der Waals surface area contributed by atoms with Gasteiger partial charge in [-0.1, -0.05) is 30.3 Å². The molecule has 0 amide bonds. The molecule has 0 radical (unpaired) electrons. The average molecular weight is 336 g/mol. The topological polar surface area (TPSA) is 77.3 Å². The van der Waals surface area contributed by atoms with E-state index in [1.165, 1.54) is 19.1 Å². The molecule has 0 saturated heterocycles. The fraction of sp³-hybridized carbons (Fsp3) is 0.105. The van der Waals surface area contributed by atoms with E-state index in [1.54, 1.807) is 55.7 Å². The molecule has 0 N–H and O–H groups in total. The molecule has 0 aliphatic heterocycles. The Hall–Kier alpha value is -3.41. The first-order valence-electron chi connectivity index (χ1n) is 7.64. The summed E-state index contributed by atoms with van der Waals surface area (Å²) in [5.41, 5.74) is 1.05. The third-order valence-electron chi connectivity index (χ3n) is 3.95. The van der Waals surface area contributed by atoms with Crippen LogP contribution in [0.4, 0.5) is 0 Å². The number of methoxy groups -OCH3 is 1. The van der Waals surface area contributed by atoms with Gasteiger partial charge in [0.2, 0.25) is 0 Å². The molecule has 25 heavy (non-hydrogen) atoms. The Morgan fingerprint density at radius 1 is 1.16 bits per heavy atom. The second-order valence-corrected chi connectivity index (χ2v) is 5.48. The number of ketones is 1. The van der Waals surface area contributed by atoms with Gasteiger partial charge in [-0.3, -0.25) is 4.79 Å². The maximum atomic E-state index is 12.5. The van der Waals surface area contributed by atoms with Crippen molar-refractivity contribution in [2.24, 2.45) is 0 Å². The van der Waals surface area contributed by atoms with Crippen molar-refractivity contribution in [2.45, 2.75) is 6.92 Å². The molecule has 1 heterocycles. The van der Waals surface area contributed by atoms with Gasteiger partial charge in [-0.15, -0.1) is 0 Å². The Labute approximate surface area is 143 Å². The molecule has 2 aromatic carbocycles. The van der Waals surface area contributed by atoms with Crippen LogP contribution in [0.3, 0.4) is 0 Å². The van der Waals surface area contributed by atoms with E-state index in [-0.39, 0.29) is 22.4 Å². The number of aromatic nitrogens is 2. The van der Waals surface area contributed by atoms with Crippen LogP contribution in [-0.4, -0.2) is 17.6 Å². The highest BCUT2D eigenvalue weighted by molar-refractivity contribution is 6.05. The standard InChI is InChI=1S/C19H16N2O4/c1-13-19(21(24)17-6-4-3-5-16(17)20(13)23)18(22)12-9-14-7-10-15(25-2)11-8-14/h3-12H,1-2H3. The number of hydrogen-bond donors (Lipinski definition) is 0. The minimum Gasteiger partial charge on any atom is -0.805 e. The van der Waals surface area contributed by atoms with Crippen LogP contribution in [0, 0.1) is 17.0 Å². The summed E-state index contributed by atoms with van der Waals surface area (Å²) in [5.74, 6) is 0.178. The molecule has 3 aromatic rings. The molecule has 3 rings (SSSR count). The zero-order chi connectivity index (χ0) is 18.0. The maximum absolute atomic E-state index is 12.5. The molecular formula is C19H16N2O4. The molecule has 126 valence electrons. The lowest BCUT2D eigenvalue weighted by atomic mass is 10.1. The van der Waals surface area contributed by atoms with Gasteiger partial charge < -0.3 is 14.7 Å². The van der Waals surface area contributed by atoms with Crippen LogP contribution in [0.15, 0.2) is 54.6 Å². The fourth-order valence-corrected chi connectivity index (χ4v) is 2.60. The first-order chi connectivity index (χ1) is 12.0. The molecule has 0 aliphatic carbocycles. The van der Waals surface area contributed by atoms with Gasteiger partial charge in [0.25, 0.3) is 11.3 Å². The number of fused-ring (bicyclic) bond motifs is 1. The predicted molar refractivity (Wildman–Crippen MR) is 95.2 cm³/mol. The highest BCUT2D eigenvalue weighted by atomic mass is 16.5. The van der Waals surface area contributed by atoms with E-state index in [0.29, 0.717) is 14.9 Å². The first kappa shape index (κ1) is 16.4. The zero-order valence-electron chi connectivity index (χ0n) is 13.8. The summed E-state index contributed by atoms with van der Waals surface area (Å²) in [5, 5.41) is 12.3. The Kier molecular flexibility index (Phi) is 4.35. The quantitative estimate of drug-likeness (QED) is 0.417. The minimum absolute atomic E-state index is 0.0677. The monoisotopic (exact) mass is 336 g/mol. The molecule has 1 aromatic heterocycles. The third kappa shape index (κ3) is 3.01. The van der Waals surface area contributed by atoms with Crippen molar-refractivity contribution in [3.05, 3.63) is 81.7 Å². The molecule has 6 heteroatoms. The molecule has 0 fully saturated rings. The van der Waals surface area contributed by atoms with E-state index < -0.39 is 5.78 Å². The van der Waals surface area contributed by atoms with E-state index >= 15 is 0 Å². The van der Waals surface area contributed by atoms with Crippen LogP contribution >= 0.6 is 0 Å². The fourth-order valence-electron chi connectivity index (χ4n) is 2.60. The summed E-state index contributed by atoms with van der Waals surface area (Å²) in [7, 11) is 1.57. The number of benzene rings is 2. The van der Waals surface area contributed by atoms with E-state index in [2.05, 4.69) is 0 Å². The van der Waals surface area contributed by atoms with Crippen molar-refractivity contribution in [3.8, 4) is 5.75 Å². The normalized spacial score (nSPS) is 11.1. The molecule has 0 spiro atoms. The van der Waals surface area contributed by atoms with Crippen LogP contribution in [-0.2, 0) is 0 Å². The van der Waals surface area contributed by atoms with Gasteiger partial charge >= 0.3 is 5.69 Å². The number of nitrogens with zero attached hydrogens (tertiary/aromatic N) is 2. The van der Waals surface area contributed by atoms with E-state index in [0.717, 1.165) is 5.56 Å². The van der Waals surface area contributed by atoms with Gasteiger partial charge in [-0.2, -0.15) is 0 Å². The first-order valence-corrected chi connectivity index (χ1v) is 7.64. The number of carbonyl (C=O) groups is 1. The molecule has 6 nitrogen and oxygen atoms in total. The lowest BCUT2D eigenvalue weighted by molar-refractivity contribution is -0.468. The Balaban J connectivity index is 2.02. The van der Waals surface area contributed by atoms with Crippen molar-refractivity contribution in [2.75, 3.05) is 7.11 Å². The largest absolute Gasteiger partial charge is 0.805 e. The van der Waals surface area contributed by atoms with Crippen molar-refractivity contribution in [3.63, 3.8) is 0 Å². The average Bonchev–Trinajstić information content (AvgIpc) is 2.65. The van der Waals surface area contributed by atoms with Crippen LogP contribution in [0.1, 0.15) is 21.7 Å². The number of rotatable bonds is 4. The summed E-state index contributed by atoms with van der Waals surface area (Å²) in [6.07, 6.45) is 2.87. The van der Waals surface area contributed by atoms with Crippen LogP contribution in [0.2, 0.25) is 0 Å². The smallest absolute Gasteiger partial charge is 0.329 e. The van der Waals surface area contributed by atoms with E-state index in [1.807, 2.05) is 0 Å². The Bertz CT molecular complexity index is 1030. The van der Waals surface area contributed by atoms with Crippen LogP contribution in [0.25, 0.3) is 17.1 Å².